The third kappa shape index (κ3) is 7.08. The Kier molecular flexibility index (Phi) is 8.50. The van der Waals surface area contributed by atoms with Gasteiger partial charge in [0.1, 0.15) is 11.9 Å². The minimum Gasteiger partial charge on any atom is -0.470 e. The molecule has 0 saturated carbocycles. The molecule has 8 nitrogen and oxygen atoms in total. The predicted octanol–water partition coefficient (Wildman–Crippen LogP) is 2.53. The first-order valence-corrected chi connectivity index (χ1v) is 9.47. The van der Waals surface area contributed by atoms with Crippen molar-refractivity contribution >= 4 is 11.7 Å². The van der Waals surface area contributed by atoms with E-state index in [9.17, 15) is 13.2 Å². The van der Waals surface area contributed by atoms with E-state index in [1.165, 1.54) is 12.4 Å². The zero-order chi connectivity index (χ0) is 21.4. The van der Waals surface area contributed by atoms with E-state index < -0.39 is 24.8 Å². The van der Waals surface area contributed by atoms with Crippen LogP contribution in [0, 0.1) is 0 Å². The first-order valence-electron chi connectivity index (χ1n) is 9.47. The van der Waals surface area contributed by atoms with Gasteiger partial charge in [-0.2, -0.15) is 13.8 Å². The number of aliphatic imine (C=N–C) groups is 1. The average molecular weight is 416 g/mol. The van der Waals surface area contributed by atoms with Crippen LogP contribution in [0.1, 0.15) is 39.5 Å². The summed E-state index contributed by atoms with van der Waals surface area (Å²) >= 11 is 0. The number of hydrogen-bond donors (Lipinski definition) is 3. The molecule has 4 atom stereocenters. The third-order valence-electron chi connectivity index (χ3n) is 4.43. The number of halogens is 3. The van der Waals surface area contributed by atoms with Crippen molar-refractivity contribution in [3.8, 4) is 5.88 Å². The van der Waals surface area contributed by atoms with Crippen molar-refractivity contribution in [1.82, 2.24) is 15.3 Å². The van der Waals surface area contributed by atoms with Crippen LogP contribution in [-0.2, 0) is 4.74 Å². The Hall–Kier alpha value is -2.56. The van der Waals surface area contributed by atoms with E-state index >= 15 is 0 Å². The molecule has 0 amide bonds. The number of nitrogens with two attached hydrogens (primary N) is 2. The Morgan fingerprint density at radius 2 is 2.14 bits per heavy atom. The number of piperidine rings is 1. The molecule has 5 N–H and O–H groups in total. The maximum absolute atomic E-state index is 14.9. The molecule has 1 saturated heterocycles. The number of ether oxygens (including phenoxy) is 2. The van der Waals surface area contributed by atoms with Crippen molar-refractivity contribution in [2.75, 3.05) is 0 Å². The van der Waals surface area contributed by atoms with Crippen LogP contribution in [-0.4, -0.2) is 46.8 Å². The van der Waals surface area contributed by atoms with Crippen LogP contribution in [0.2, 0.25) is 0 Å². The fraction of sp³-hybridized carbons (Fsp3) is 0.611. The number of nitrogens with zero attached hydrogens (tertiary/aromatic N) is 3. The van der Waals surface area contributed by atoms with Gasteiger partial charge in [0.2, 0.25) is 5.88 Å². The number of nitrogens with one attached hydrogen (secondary N) is 1. The highest BCUT2D eigenvalue weighted by atomic mass is 19.3. The van der Waals surface area contributed by atoms with E-state index in [2.05, 4.69) is 25.0 Å². The van der Waals surface area contributed by atoms with Crippen LogP contribution in [0.3, 0.4) is 0 Å². The molecule has 162 valence electrons. The summed E-state index contributed by atoms with van der Waals surface area (Å²) in [6, 6.07) is -0.132. The van der Waals surface area contributed by atoms with E-state index in [1.54, 1.807) is 0 Å². The molecule has 0 aromatic carbocycles. The van der Waals surface area contributed by atoms with Gasteiger partial charge in [-0.25, -0.2) is 9.38 Å². The average Bonchev–Trinajstić information content (AvgIpc) is 2.64. The smallest absolute Gasteiger partial charge is 0.388 e. The minimum absolute atomic E-state index is 0.0580. The molecule has 0 bridgehead atoms. The van der Waals surface area contributed by atoms with Crippen molar-refractivity contribution in [3.05, 3.63) is 24.4 Å². The van der Waals surface area contributed by atoms with Gasteiger partial charge in [-0.15, -0.1) is 0 Å². The quantitative estimate of drug-likeness (QED) is 0.321. The monoisotopic (exact) mass is 416 g/mol. The highest BCUT2D eigenvalue weighted by molar-refractivity contribution is 5.93. The Balaban J connectivity index is 2.11. The van der Waals surface area contributed by atoms with E-state index in [0.717, 1.165) is 18.9 Å². The molecule has 1 aromatic heterocycles. The molecule has 29 heavy (non-hydrogen) atoms. The van der Waals surface area contributed by atoms with Crippen LogP contribution >= 0.6 is 0 Å². The lowest BCUT2D eigenvalue weighted by atomic mass is 9.90. The summed E-state index contributed by atoms with van der Waals surface area (Å²) in [5.41, 5.74) is 10.9. The van der Waals surface area contributed by atoms with Gasteiger partial charge in [-0.3, -0.25) is 4.98 Å². The highest BCUT2D eigenvalue weighted by Gasteiger charge is 2.38. The van der Waals surface area contributed by atoms with Crippen LogP contribution < -0.4 is 21.5 Å². The lowest BCUT2D eigenvalue weighted by Gasteiger charge is -2.38. The van der Waals surface area contributed by atoms with Crippen LogP contribution in [0.5, 0.6) is 5.88 Å². The van der Waals surface area contributed by atoms with Gasteiger partial charge in [0.05, 0.1) is 12.4 Å². The maximum atomic E-state index is 14.9. The van der Waals surface area contributed by atoms with Crippen LogP contribution in [0.15, 0.2) is 29.3 Å². The second kappa shape index (κ2) is 10.8. The van der Waals surface area contributed by atoms with E-state index in [-0.39, 0.29) is 29.6 Å². The number of alkyl halides is 3. The first kappa shape index (κ1) is 22.7. The second-order valence-electron chi connectivity index (χ2n) is 6.68. The number of hydrogen-bond acceptors (Lipinski definition) is 7. The topological polar surface area (TPSA) is 121 Å². The van der Waals surface area contributed by atoms with Crippen molar-refractivity contribution in [2.45, 2.75) is 70.5 Å². The summed E-state index contributed by atoms with van der Waals surface area (Å²) in [5.74, 6) is -0.653. The number of rotatable bonds is 9. The fourth-order valence-corrected chi connectivity index (χ4v) is 3.13. The summed E-state index contributed by atoms with van der Waals surface area (Å²) < 4.78 is 48.8. The van der Waals surface area contributed by atoms with E-state index in [1.807, 2.05) is 13.8 Å². The Morgan fingerprint density at radius 1 is 1.38 bits per heavy atom. The first-order chi connectivity index (χ1) is 13.8. The number of amidine groups is 1. The van der Waals surface area contributed by atoms with Gasteiger partial charge >= 0.3 is 6.61 Å². The second-order valence-corrected chi connectivity index (χ2v) is 6.68. The molecular formula is C18H27F3N6O2. The molecule has 1 aliphatic heterocycles. The van der Waals surface area contributed by atoms with Gasteiger partial charge in [0, 0.05) is 24.6 Å². The highest BCUT2D eigenvalue weighted by Crippen LogP contribution is 2.26. The fourth-order valence-electron chi connectivity index (χ4n) is 3.13. The van der Waals surface area contributed by atoms with Gasteiger partial charge < -0.3 is 26.3 Å². The molecule has 2 rings (SSSR count). The van der Waals surface area contributed by atoms with E-state index in [4.69, 9.17) is 16.2 Å². The van der Waals surface area contributed by atoms with Gasteiger partial charge in [0.25, 0.3) is 0 Å². The molecule has 11 heteroatoms. The lowest BCUT2D eigenvalue weighted by molar-refractivity contribution is -0.0966. The van der Waals surface area contributed by atoms with Gasteiger partial charge in [-0.1, -0.05) is 20.3 Å². The molecule has 1 aromatic rings. The summed E-state index contributed by atoms with van der Waals surface area (Å²) in [7, 11) is 0. The zero-order valence-electron chi connectivity index (χ0n) is 16.4. The standard InChI is InChI=1S/C18H27F3N6O2/c1-3-5-11-17(19)12(6-10(4-2)25-11)28-16-9-24-8-15(27-16)26-13(22)7-14(23)29-18(20)21/h7-12,17-18,25H,3-6,23H2,1-2H3,(H2,22,26,27)/b14-7+/t10-,11-,12?,17?/m0/s1. The molecule has 2 unspecified atom stereocenters. The van der Waals surface area contributed by atoms with Gasteiger partial charge in [0.15, 0.2) is 17.9 Å². The van der Waals surface area contributed by atoms with Crippen LogP contribution in [0.4, 0.5) is 19.0 Å². The molecule has 1 fully saturated rings. The van der Waals surface area contributed by atoms with Crippen molar-refractivity contribution < 1.29 is 22.6 Å². The van der Waals surface area contributed by atoms with Crippen LogP contribution in [0.25, 0.3) is 0 Å². The zero-order valence-corrected chi connectivity index (χ0v) is 16.4. The largest absolute Gasteiger partial charge is 0.470 e. The Morgan fingerprint density at radius 3 is 2.79 bits per heavy atom. The Bertz CT molecular complexity index is 719. The summed E-state index contributed by atoms with van der Waals surface area (Å²) in [4.78, 5) is 12.0. The Labute approximate surface area is 167 Å². The molecule has 0 aliphatic carbocycles. The molecular weight excluding hydrogens is 389 g/mol. The lowest BCUT2D eigenvalue weighted by Crippen LogP contribution is -2.56. The van der Waals surface area contributed by atoms with Gasteiger partial charge in [-0.05, 0) is 12.8 Å². The summed E-state index contributed by atoms with van der Waals surface area (Å²) in [5, 5.41) is 3.33. The van der Waals surface area contributed by atoms with Crippen molar-refractivity contribution in [1.29, 1.82) is 0 Å². The predicted molar refractivity (Wildman–Crippen MR) is 103 cm³/mol. The SMILES string of the molecule is CCC[C@@H]1N[C@@H](CC)CC(Oc2cncc(/N=C(N)\C=C(/N)OC(F)F)n2)C1F. The van der Waals surface area contributed by atoms with Crippen molar-refractivity contribution in [3.63, 3.8) is 0 Å². The summed E-state index contributed by atoms with van der Waals surface area (Å²) in [6.45, 7) is 0.966. The third-order valence-corrected chi connectivity index (χ3v) is 4.43. The molecule has 1 aliphatic rings. The normalized spacial score (nSPS) is 25.9. The van der Waals surface area contributed by atoms with Crippen molar-refractivity contribution in [2.24, 2.45) is 16.5 Å². The molecule has 2 heterocycles. The number of aromatic nitrogens is 2. The minimum atomic E-state index is -3.07. The molecule has 0 radical (unpaired) electrons. The molecule has 0 spiro atoms. The maximum Gasteiger partial charge on any atom is 0.388 e. The summed E-state index contributed by atoms with van der Waals surface area (Å²) in [6.07, 6.45) is 4.63. The van der Waals surface area contributed by atoms with E-state index in [0.29, 0.717) is 12.8 Å².